The Morgan fingerprint density at radius 1 is 0.600 bits per heavy atom. The summed E-state index contributed by atoms with van der Waals surface area (Å²) in [4.78, 5) is 23.0. The molecule has 0 bridgehead atoms. The largest absolute Gasteiger partial charge is 0.472 e. The normalized spacial score (nSPS) is 14.5. The summed E-state index contributed by atoms with van der Waals surface area (Å²) in [6, 6.07) is -0.856. The van der Waals surface area contributed by atoms with Gasteiger partial charge in [0.15, 0.2) is 0 Å². The first-order valence-corrected chi connectivity index (χ1v) is 24.7. The topological polar surface area (TPSA) is 105 Å². The summed E-state index contributed by atoms with van der Waals surface area (Å²) in [5.74, 6) is -0.186. The summed E-state index contributed by atoms with van der Waals surface area (Å²) >= 11 is 0. The van der Waals surface area contributed by atoms with E-state index in [1.54, 1.807) is 6.08 Å². The minimum absolute atomic E-state index is 0.0578. The quantitative estimate of drug-likeness (QED) is 0.0246. The van der Waals surface area contributed by atoms with Gasteiger partial charge in [-0.3, -0.25) is 13.8 Å². The van der Waals surface area contributed by atoms with E-state index in [1.807, 2.05) is 27.2 Å². The summed E-state index contributed by atoms with van der Waals surface area (Å²) in [7, 11) is 1.56. The fourth-order valence-corrected chi connectivity index (χ4v) is 7.44. The Labute approximate surface area is 341 Å². The molecular weight excluding hydrogens is 707 g/mol. The first kappa shape index (κ1) is 54.0. The number of amides is 1. The molecule has 0 saturated carbocycles. The highest BCUT2D eigenvalue weighted by Gasteiger charge is 2.27. The number of aliphatic hydroxyl groups is 1. The van der Waals surface area contributed by atoms with E-state index in [0.717, 1.165) is 38.5 Å². The Morgan fingerprint density at radius 2 is 1.00 bits per heavy atom. The number of phosphoric ester groups is 1. The highest BCUT2D eigenvalue weighted by molar-refractivity contribution is 7.47. The van der Waals surface area contributed by atoms with Crippen LogP contribution in [0.15, 0.2) is 24.3 Å². The van der Waals surface area contributed by atoms with Gasteiger partial charge in [0.05, 0.1) is 39.9 Å². The molecule has 9 heteroatoms. The minimum Gasteiger partial charge on any atom is -0.387 e. The van der Waals surface area contributed by atoms with Crippen molar-refractivity contribution in [3.05, 3.63) is 24.3 Å². The van der Waals surface area contributed by atoms with Crippen LogP contribution >= 0.6 is 7.82 Å². The molecule has 55 heavy (non-hydrogen) atoms. The van der Waals surface area contributed by atoms with Gasteiger partial charge in [-0.1, -0.05) is 199 Å². The molecular formula is C46H92N2O6P+. The summed E-state index contributed by atoms with van der Waals surface area (Å²) in [6.07, 6.45) is 45.6. The van der Waals surface area contributed by atoms with Crippen molar-refractivity contribution in [2.75, 3.05) is 40.9 Å². The van der Waals surface area contributed by atoms with Crippen LogP contribution in [-0.2, 0) is 18.4 Å². The van der Waals surface area contributed by atoms with Gasteiger partial charge in [0.1, 0.15) is 13.2 Å². The van der Waals surface area contributed by atoms with Crippen molar-refractivity contribution >= 4 is 13.7 Å². The van der Waals surface area contributed by atoms with Crippen molar-refractivity contribution in [2.24, 2.45) is 0 Å². The third kappa shape index (κ3) is 41.0. The second-order valence-electron chi connectivity index (χ2n) is 17.1. The Kier molecular flexibility index (Phi) is 37.8. The van der Waals surface area contributed by atoms with Crippen LogP contribution in [0, 0.1) is 0 Å². The molecule has 0 rings (SSSR count). The number of carbonyl (C=O) groups is 1. The maximum absolute atomic E-state index is 12.8. The number of likely N-dealkylation sites (N-methyl/N-ethyl adjacent to an activating group) is 1. The van der Waals surface area contributed by atoms with Crippen LogP contribution in [0.2, 0.25) is 0 Å². The molecule has 0 heterocycles. The van der Waals surface area contributed by atoms with Gasteiger partial charge in [0.25, 0.3) is 0 Å². The van der Waals surface area contributed by atoms with Gasteiger partial charge in [-0.05, 0) is 32.1 Å². The second-order valence-corrected chi connectivity index (χ2v) is 18.6. The molecule has 326 valence electrons. The zero-order valence-electron chi connectivity index (χ0n) is 36.9. The lowest BCUT2D eigenvalue weighted by Gasteiger charge is -2.25. The van der Waals surface area contributed by atoms with Crippen molar-refractivity contribution in [3.63, 3.8) is 0 Å². The van der Waals surface area contributed by atoms with Gasteiger partial charge < -0.3 is 19.8 Å². The van der Waals surface area contributed by atoms with Crippen LogP contribution < -0.4 is 5.32 Å². The summed E-state index contributed by atoms with van der Waals surface area (Å²) in [5, 5.41) is 13.7. The molecule has 0 aromatic rings. The van der Waals surface area contributed by atoms with E-state index in [1.165, 1.54) is 154 Å². The Balaban J connectivity index is 4.14. The highest BCUT2D eigenvalue weighted by Crippen LogP contribution is 2.43. The lowest BCUT2D eigenvalue weighted by Crippen LogP contribution is -2.45. The monoisotopic (exact) mass is 800 g/mol. The molecule has 0 aliphatic heterocycles. The molecule has 3 N–H and O–H groups in total. The van der Waals surface area contributed by atoms with Crippen molar-refractivity contribution in [1.82, 2.24) is 5.32 Å². The number of quaternary nitrogens is 1. The smallest absolute Gasteiger partial charge is 0.387 e. The number of hydrogen-bond acceptors (Lipinski definition) is 5. The molecule has 3 atom stereocenters. The van der Waals surface area contributed by atoms with Gasteiger partial charge in [-0.2, -0.15) is 0 Å². The number of rotatable bonds is 42. The van der Waals surface area contributed by atoms with E-state index in [0.29, 0.717) is 17.4 Å². The fourth-order valence-electron chi connectivity index (χ4n) is 6.70. The van der Waals surface area contributed by atoms with Crippen LogP contribution in [0.3, 0.4) is 0 Å². The maximum Gasteiger partial charge on any atom is 0.472 e. The first-order valence-electron chi connectivity index (χ1n) is 23.2. The van der Waals surface area contributed by atoms with E-state index < -0.39 is 20.0 Å². The molecule has 0 aliphatic carbocycles. The van der Waals surface area contributed by atoms with E-state index in [2.05, 4.69) is 31.3 Å². The lowest BCUT2D eigenvalue weighted by atomic mass is 10.0. The van der Waals surface area contributed by atoms with Gasteiger partial charge >= 0.3 is 7.82 Å². The predicted octanol–water partition coefficient (Wildman–Crippen LogP) is 12.9. The predicted molar refractivity (Wildman–Crippen MR) is 235 cm³/mol. The molecule has 0 aromatic heterocycles. The minimum atomic E-state index is -4.34. The first-order chi connectivity index (χ1) is 26.5. The van der Waals surface area contributed by atoms with Crippen molar-refractivity contribution in [1.29, 1.82) is 0 Å². The zero-order valence-corrected chi connectivity index (χ0v) is 37.8. The lowest BCUT2D eigenvalue weighted by molar-refractivity contribution is -0.870. The Bertz CT molecular complexity index is 953. The van der Waals surface area contributed by atoms with Crippen molar-refractivity contribution in [2.45, 2.75) is 225 Å². The molecule has 8 nitrogen and oxygen atoms in total. The molecule has 0 radical (unpaired) electrons. The van der Waals surface area contributed by atoms with Gasteiger partial charge in [-0.15, -0.1) is 0 Å². The van der Waals surface area contributed by atoms with Crippen molar-refractivity contribution < 1.29 is 32.9 Å². The van der Waals surface area contributed by atoms with E-state index in [9.17, 15) is 19.4 Å². The summed E-state index contributed by atoms with van der Waals surface area (Å²) < 4.78 is 23.5. The molecule has 0 aromatic carbocycles. The number of allylic oxidation sites excluding steroid dienone is 3. The van der Waals surface area contributed by atoms with E-state index >= 15 is 0 Å². The molecule has 0 spiro atoms. The van der Waals surface area contributed by atoms with Crippen LogP contribution in [0.25, 0.3) is 0 Å². The van der Waals surface area contributed by atoms with Gasteiger partial charge in [-0.25, -0.2) is 4.57 Å². The average molecular weight is 800 g/mol. The van der Waals surface area contributed by atoms with Crippen LogP contribution in [-0.4, -0.2) is 73.4 Å². The number of carbonyl (C=O) groups excluding carboxylic acids is 1. The standard InChI is InChI=1S/C46H91N2O6P/c1-6-8-10-12-14-16-17-18-19-20-21-22-23-24-25-26-27-28-29-30-32-34-36-38-40-46(50)47-44(43-54-55(51,52)53-42-41-48(3,4)5)45(49)39-37-35-33-31-15-13-11-9-7-2/h15,31,37,39,44-45,49H,6-14,16-30,32-36,38,40-43H2,1-5H3,(H-,47,50,51,52)/p+1/b31-15+,39-37+. The van der Waals surface area contributed by atoms with E-state index in [4.69, 9.17) is 9.05 Å². The number of phosphoric acid groups is 1. The van der Waals surface area contributed by atoms with Crippen LogP contribution in [0.4, 0.5) is 0 Å². The molecule has 3 unspecified atom stereocenters. The summed E-state index contributed by atoms with van der Waals surface area (Å²) in [6.45, 7) is 4.75. The molecule has 0 aliphatic rings. The Hall–Kier alpha value is -1.02. The Morgan fingerprint density at radius 3 is 1.45 bits per heavy atom. The third-order valence-electron chi connectivity index (χ3n) is 10.4. The van der Waals surface area contributed by atoms with Crippen molar-refractivity contribution in [3.8, 4) is 0 Å². The third-order valence-corrected chi connectivity index (χ3v) is 11.4. The number of hydrogen-bond donors (Lipinski definition) is 3. The average Bonchev–Trinajstić information content (AvgIpc) is 3.13. The number of nitrogens with one attached hydrogen (secondary N) is 1. The number of unbranched alkanes of at least 4 members (excludes halogenated alkanes) is 27. The maximum atomic E-state index is 12.8. The van der Waals surface area contributed by atoms with Gasteiger partial charge in [0, 0.05) is 6.42 Å². The van der Waals surface area contributed by atoms with E-state index in [-0.39, 0.29) is 19.1 Å². The molecule has 0 saturated heterocycles. The summed E-state index contributed by atoms with van der Waals surface area (Å²) in [5.41, 5.74) is 0. The molecule has 1 amide bonds. The van der Waals surface area contributed by atoms with Gasteiger partial charge in [0.2, 0.25) is 5.91 Å². The van der Waals surface area contributed by atoms with Crippen LogP contribution in [0.5, 0.6) is 0 Å². The second kappa shape index (κ2) is 38.5. The fraction of sp³-hybridized carbons (Fsp3) is 0.891. The molecule has 0 fully saturated rings. The zero-order chi connectivity index (χ0) is 40.7. The number of nitrogens with zero attached hydrogens (tertiary/aromatic N) is 1. The highest BCUT2D eigenvalue weighted by atomic mass is 31.2. The SMILES string of the molecule is CCCCC/C=C/CC/C=C/C(O)C(COP(=O)(O)OCC[N+](C)(C)C)NC(=O)CCCCCCCCCCCCCCCCCCCCCCCCCC. The van der Waals surface area contributed by atoms with Crippen LogP contribution in [0.1, 0.15) is 213 Å². The number of aliphatic hydroxyl groups excluding tert-OH is 1.